The lowest BCUT2D eigenvalue weighted by atomic mass is 10.1. The second kappa shape index (κ2) is 7.33. The van der Waals surface area contributed by atoms with Gasteiger partial charge in [-0.3, -0.25) is 9.59 Å². The molecule has 0 saturated heterocycles. The van der Waals surface area contributed by atoms with Crippen molar-refractivity contribution < 1.29 is 4.79 Å². The lowest BCUT2D eigenvalue weighted by Gasteiger charge is -2.14. The Balaban J connectivity index is 2.25. The highest BCUT2D eigenvalue weighted by atomic mass is 32.1. The molecule has 0 aliphatic carbocycles. The van der Waals surface area contributed by atoms with E-state index in [0.29, 0.717) is 19.0 Å². The van der Waals surface area contributed by atoms with Crippen LogP contribution < -0.4 is 15.5 Å². The Morgan fingerprint density at radius 3 is 2.72 bits per heavy atom. The van der Waals surface area contributed by atoms with Crippen LogP contribution in [0.15, 0.2) is 10.2 Å². The molecule has 0 bridgehead atoms. The molecule has 0 radical (unpaired) electrons. The Morgan fingerprint density at radius 2 is 2.17 bits per heavy atom. The molecule has 1 heterocycles. The Kier molecular flexibility index (Phi) is 6.07. The fourth-order valence-electron chi connectivity index (χ4n) is 1.39. The number of nitrogens with one attached hydrogen (secondary N) is 3. The lowest BCUT2D eigenvalue weighted by Crippen LogP contribution is -2.42. The first-order valence-corrected chi connectivity index (χ1v) is 7.04. The van der Waals surface area contributed by atoms with E-state index in [2.05, 4.69) is 29.5 Å². The predicted octanol–water partition coefficient (Wildman–Crippen LogP) is 1.08. The van der Waals surface area contributed by atoms with Crippen LogP contribution in [-0.4, -0.2) is 23.5 Å². The van der Waals surface area contributed by atoms with Gasteiger partial charge in [0.05, 0.1) is 6.04 Å². The second-order valence-corrected chi connectivity index (χ2v) is 5.59. The maximum atomic E-state index is 11.7. The highest BCUT2D eigenvalue weighted by molar-refractivity contribution is 7.07. The van der Waals surface area contributed by atoms with Gasteiger partial charge >= 0.3 is 4.87 Å². The summed E-state index contributed by atoms with van der Waals surface area (Å²) in [6.07, 6.45) is 0.982. The summed E-state index contributed by atoms with van der Waals surface area (Å²) in [5, 5.41) is 7.72. The number of H-pyrrole nitrogens is 1. The van der Waals surface area contributed by atoms with Crippen LogP contribution in [0, 0.1) is 5.92 Å². The molecule has 1 aromatic heterocycles. The Morgan fingerprint density at radius 1 is 1.44 bits per heavy atom. The fraction of sp³-hybridized carbons (Fsp3) is 0.667. The normalized spacial score (nSPS) is 12.7. The summed E-state index contributed by atoms with van der Waals surface area (Å²) >= 11 is 1.13. The van der Waals surface area contributed by atoms with Crippen molar-refractivity contribution in [2.75, 3.05) is 6.54 Å². The number of thiazole rings is 1. The number of rotatable bonds is 7. The van der Waals surface area contributed by atoms with Gasteiger partial charge in [0.15, 0.2) is 0 Å². The van der Waals surface area contributed by atoms with Crippen molar-refractivity contribution in [2.24, 2.45) is 5.92 Å². The third kappa shape index (κ3) is 5.46. The van der Waals surface area contributed by atoms with Crippen LogP contribution in [0.1, 0.15) is 32.9 Å². The summed E-state index contributed by atoms with van der Waals surface area (Å²) in [5.74, 6) is 0.581. The summed E-state index contributed by atoms with van der Waals surface area (Å²) in [5.41, 5.74) is 0.812. The van der Waals surface area contributed by atoms with Crippen LogP contribution in [0.5, 0.6) is 0 Å². The van der Waals surface area contributed by atoms with Gasteiger partial charge < -0.3 is 15.6 Å². The van der Waals surface area contributed by atoms with E-state index in [-0.39, 0.29) is 16.8 Å². The quantitative estimate of drug-likeness (QED) is 0.694. The number of hydrogen-bond donors (Lipinski definition) is 3. The summed E-state index contributed by atoms with van der Waals surface area (Å²) in [6, 6.07) is -0.263. The molecule has 18 heavy (non-hydrogen) atoms. The first-order chi connectivity index (χ1) is 8.49. The number of aromatic amines is 1. The topological polar surface area (TPSA) is 74.0 Å². The molecule has 0 fully saturated rings. The van der Waals surface area contributed by atoms with Crippen molar-refractivity contribution in [3.8, 4) is 0 Å². The average Bonchev–Trinajstić information content (AvgIpc) is 2.71. The number of amides is 1. The van der Waals surface area contributed by atoms with Crippen LogP contribution in [0.2, 0.25) is 0 Å². The van der Waals surface area contributed by atoms with Crippen molar-refractivity contribution in [2.45, 2.75) is 39.8 Å². The van der Waals surface area contributed by atoms with Crippen LogP contribution in [0.3, 0.4) is 0 Å². The largest absolute Gasteiger partial charge is 0.355 e. The van der Waals surface area contributed by atoms with Gasteiger partial charge in [0.1, 0.15) is 0 Å². The van der Waals surface area contributed by atoms with Gasteiger partial charge in [0.25, 0.3) is 0 Å². The Hall–Kier alpha value is -1.14. The summed E-state index contributed by atoms with van der Waals surface area (Å²) in [6.45, 7) is 7.27. The molecule has 6 heteroatoms. The average molecular weight is 271 g/mol. The number of hydrogen-bond acceptors (Lipinski definition) is 4. The molecule has 0 aromatic carbocycles. The molecule has 1 atom stereocenters. The summed E-state index contributed by atoms with van der Waals surface area (Å²) in [7, 11) is 0. The van der Waals surface area contributed by atoms with Crippen molar-refractivity contribution in [3.05, 3.63) is 20.7 Å². The molecule has 1 aromatic rings. The lowest BCUT2D eigenvalue weighted by molar-refractivity contribution is -0.122. The molecule has 1 amide bonds. The van der Waals surface area contributed by atoms with E-state index in [4.69, 9.17) is 0 Å². The molecular weight excluding hydrogens is 250 g/mol. The number of aromatic nitrogens is 1. The van der Waals surface area contributed by atoms with Gasteiger partial charge in [0.2, 0.25) is 5.91 Å². The molecule has 0 aliphatic heterocycles. The van der Waals surface area contributed by atoms with Gasteiger partial charge in [0, 0.05) is 24.2 Å². The monoisotopic (exact) mass is 271 g/mol. The van der Waals surface area contributed by atoms with E-state index >= 15 is 0 Å². The molecule has 5 nitrogen and oxygen atoms in total. The fourth-order valence-corrected chi connectivity index (χ4v) is 1.97. The third-order valence-electron chi connectivity index (χ3n) is 2.58. The van der Waals surface area contributed by atoms with Gasteiger partial charge in [-0.05, 0) is 19.3 Å². The van der Waals surface area contributed by atoms with E-state index in [0.717, 1.165) is 23.5 Å². The zero-order valence-corrected chi connectivity index (χ0v) is 11.9. The zero-order chi connectivity index (χ0) is 13.5. The van der Waals surface area contributed by atoms with Crippen molar-refractivity contribution in [1.29, 1.82) is 0 Å². The Bertz CT molecular complexity index is 425. The van der Waals surface area contributed by atoms with Gasteiger partial charge in [-0.25, -0.2) is 0 Å². The van der Waals surface area contributed by atoms with Crippen LogP contribution in [0.25, 0.3) is 0 Å². The minimum absolute atomic E-state index is 0.00627. The van der Waals surface area contributed by atoms with Gasteiger partial charge in [-0.2, -0.15) is 0 Å². The number of carbonyl (C=O) groups excluding carboxylic acids is 1. The maximum absolute atomic E-state index is 11.7. The standard InChI is InChI=1S/C12H21N3O2S/c1-8(2)4-5-13-11(16)9(3)14-6-10-7-18-12(17)15-10/h7-9,14H,4-6H2,1-3H3,(H,13,16)(H,15,17). The van der Waals surface area contributed by atoms with Gasteiger partial charge in [-0.15, -0.1) is 0 Å². The van der Waals surface area contributed by atoms with Crippen LogP contribution in [-0.2, 0) is 11.3 Å². The van der Waals surface area contributed by atoms with Crippen LogP contribution in [0.4, 0.5) is 0 Å². The van der Waals surface area contributed by atoms with Crippen molar-refractivity contribution in [3.63, 3.8) is 0 Å². The highest BCUT2D eigenvalue weighted by Crippen LogP contribution is 1.98. The predicted molar refractivity (Wildman–Crippen MR) is 73.7 cm³/mol. The van der Waals surface area contributed by atoms with E-state index < -0.39 is 0 Å². The molecule has 0 spiro atoms. The minimum Gasteiger partial charge on any atom is -0.355 e. The van der Waals surface area contributed by atoms with E-state index in [1.54, 1.807) is 5.38 Å². The SMILES string of the molecule is CC(C)CCNC(=O)C(C)NCc1csc(=O)[nH]1. The molecule has 1 rings (SSSR count). The smallest absolute Gasteiger partial charge is 0.304 e. The third-order valence-corrected chi connectivity index (χ3v) is 3.30. The molecule has 1 unspecified atom stereocenters. The van der Waals surface area contributed by atoms with E-state index in [1.165, 1.54) is 0 Å². The maximum Gasteiger partial charge on any atom is 0.304 e. The molecule has 3 N–H and O–H groups in total. The minimum atomic E-state index is -0.263. The first kappa shape index (κ1) is 14.9. The van der Waals surface area contributed by atoms with Crippen molar-refractivity contribution in [1.82, 2.24) is 15.6 Å². The molecular formula is C12H21N3O2S. The first-order valence-electron chi connectivity index (χ1n) is 6.17. The van der Waals surface area contributed by atoms with Gasteiger partial charge in [-0.1, -0.05) is 25.2 Å². The number of carbonyl (C=O) groups is 1. The zero-order valence-electron chi connectivity index (χ0n) is 11.1. The van der Waals surface area contributed by atoms with Crippen LogP contribution >= 0.6 is 11.3 Å². The summed E-state index contributed by atoms with van der Waals surface area (Å²) < 4.78 is 0. The second-order valence-electron chi connectivity index (χ2n) is 4.75. The van der Waals surface area contributed by atoms with Crippen molar-refractivity contribution >= 4 is 17.2 Å². The molecule has 0 saturated carbocycles. The van der Waals surface area contributed by atoms with E-state index in [9.17, 15) is 9.59 Å². The Labute approximate surface area is 111 Å². The highest BCUT2D eigenvalue weighted by Gasteiger charge is 2.11. The van der Waals surface area contributed by atoms with E-state index in [1.807, 2.05) is 6.92 Å². The summed E-state index contributed by atoms with van der Waals surface area (Å²) in [4.78, 5) is 25.3. The molecule has 0 aliphatic rings. The molecule has 102 valence electrons.